The molecule has 1 aromatic carbocycles. The minimum absolute atomic E-state index is 0.0504. The number of hydrogen-bond donors (Lipinski definition) is 0. The van der Waals surface area contributed by atoms with Crippen LogP contribution in [0.5, 0.6) is 0 Å². The quantitative estimate of drug-likeness (QED) is 0.658. The van der Waals surface area contributed by atoms with E-state index in [4.69, 9.17) is 4.98 Å². The number of fused-ring (bicyclic) bond motifs is 1. The van der Waals surface area contributed by atoms with E-state index < -0.39 is 0 Å². The van der Waals surface area contributed by atoms with Crippen LogP contribution in [0.25, 0.3) is 16.3 Å². The van der Waals surface area contributed by atoms with Gasteiger partial charge in [0, 0.05) is 30.9 Å². The molecule has 1 saturated heterocycles. The Morgan fingerprint density at radius 2 is 2.12 bits per heavy atom. The molecule has 134 valence electrons. The fourth-order valence-corrected chi connectivity index (χ4v) is 4.72. The molecule has 1 unspecified atom stereocenters. The van der Waals surface area contributed by atoms with Crippen LogP contribution in [0.15, 0.2) is 30.3 Å². The minimum atomic E-state index is 0.0504. The number of carbonyl (C=O) groups is 1. The predicted octanol–water partition coefficient (Wildman–Crippen LogP) is 4.02. The van der Waals surface area contributed by atoms with Gasteiger partial charge in [0.1, 0.15) is 5.01 Å². The lowest BCUT2D eigenvalue weighted by Gasteiger charge is -2.21. The molecule has 0 saturated carbocycles. The van der Waals surface area contributed by atoms with E-state index in [9.17, 15) is 4.79 Å². The SMILES string of the molecule is Cc1nn(C)c(C)c1C=CC(=O)N1CCCC1c1nc2ccccc2s1. The van der Waals surface area contributed by atoms with E-state index in [0.717, 1.165) is 46.9 Å². The van der Waals surface area contributed by atoms with Crippen molar-refractivity contribution in [3.05, 3.63) is 52.3 Å². The monoisotopic (exact) mass is 366 g/mol. The van der Waals surface area contributed by atoms with Gasteiger partial charge in [0.2, 0.25) is 5.91 Å². The van der Waals surface area contributed by atoms with Crippen molar-refractivity contribution in [2.75, 3.05) is 6.54 Å². The van der Waals surface area contributed by atoms with E-state index in [2.05, 4.69) is 11.2 Å². The van der Waals surface area contributed by atoms with E-state index >= 15 is 0 Å². The van der Waals surface area contributed by atoms with Gasteiger partial charge in [-0.3, -0.25) is 9.48 Å². The zero-order valence-corrected chi connectivity index (χ0v) is 16.1. The van der Waals surface area contributed by atoms with Crippen molar-refractivity contribution in [1.82, 2.24) is 19.7 Å². The van der Waals surface area contributed by atoms with Crippen molar-refractivity contribution in [3.63, 3.8) is 0 Å². The molecule has 26 heavy (non-hydrogen) atoms. The Balaban J connectivity index is 1.57. The standard InChI is InChI=1S/C20H22N4OS/c1-13-15(14(2)23(3)22-13)10-11-19(25)24-12-6-8-17(24)20-21-16-7-4-5-9-18(16)26-20/h4-5,7,9-11,17H,6,8,12H2,1-3H3. The Morgan fingerprint density at radius 1 is 1.31 bits per heavy atom. The van der Waals surface area contributed by atoms with Crippen LogP contribution in [0.4, 0.5) is 0 Å². The molecule has 4 rings (SSSR count). The molecule has 2 aromatic heterocycles. The Hall–Kier alpha value is -2.47. The van der Waals surface area contributed by atoms with Crippen molar-refractivity contribution in [2.24, 2.45) is 7.05 Å². The molecule has 0 spiro atoms. The summed E-state index contributed by atoms with van der Waals surface area (Å²) in [4.78, 5) is 19.6. The highest BCUT2D eigenvalue weighted by Gasteiger charge is 2.31. The average Bonchev–Trinajstić information content (AvgIpc) is 3.32. The van der Waals surface area contributed by atoms with Gasteiger partial charge < -0.3 is 4.90 Å². The number of aromatic nitrogens is 3. The summed E-state index contributed by atoms with van der Waals surface area (Å²) in [6.07, 6.45) is 5.58. The van der Waals surface area contributed by atoms with Crippen LogP contribution >= 0.6 is 11.3 Å². The molecule has 1 atom stereocenters. The second-order valence-corrected chi connectivity index (χ2v) is 7.81. The third-order valence-corrected chi connectivity index (χ3v) is 6.23. The van der Waals surface area contributed by atoms with E-state index in [1.165, 1.54) is 4.70 Å². The van der Waals surface area contributed by atoms with Crippen molar-refractivity contribution in [2.45, 2.75) is 32.7 Å². The topological polar surface area (TPSA) is 51.0 Å². The lowest BCUT2D eigenvalue weighted by Crippen LogP contribution is -2.28. The highest BCUT2D eigenvalue weighted by molar-refractivity contribution is 7.18. The molecule has 1 aliphatic rings. The number of amides is 1. The molecule has 1 aliphatic heterocycles. The molecule has 0 N–H and O–H groups in total. The third kappa shape index (κ3) is 2.94. The number of benzene rings is 1. The molecule has 0 radical (unpaired) electrons. The number of hydrogen-bond acceptors (Lipinski definition) is 4. The van der Waals surface area contributed by atoms with Gasteiger partial charge in [-0.25, -0.2) is 4.98 Å². The van der Waals surface area contributed by atoms with Crippen LogP contribution in [0.2, 0.25) is 0 Å². The van der Waals surface area contributed by atoms with Crippen LogP contribution in [0, 0.1) is 13.8 Å². The van der Waals surface area contributed by atoms with E-state index in [0.29, 0.717) is 0 Å². The Bertz CT molecular complexity index is 968. The number of para-hydroxylation sites is 1. The largest absolute Gasteiger partial charge is 0.330 e. The van der Waals surface area contributed by atoms with Crippen molar-refractivity contribution in [1.29, 1.82) is 0 Å². The molecule has 1 amide bonds. The van der Waals surface area contributed by atoms with E-state index in [1.54, 1.807) is 17.4 Å². The zero-order valence-electron chi connectivity index (χ0n) is 15.3. The summed E-state index contributed by atoms with van der Waals surface area (Å²) < 4.78 is 3.03. The summed E-state index contributed by atoms with van der Waals surface area (Å²) in [5.74, 6) is 0.0504. The van der Waals surface area contributed by atoms with Gasteiger partial charge in [-0.05, 0) is 44.9 Å². The first-order valence-electron chi connectivity index (χ1n) is 8.89. The molecule has 5 nitrogen and oxygen atoms in total. The summed E-state index contributed by atoms with van der Waals surface area (Å²) in [5.41, 5.74) is 4.05. The maximum Gasteiger partial charge on any atom is 0.247 e. The van der Waals surface area contributed by atoms with E-state index in [-0.39, 0.29) is 11.9 Å². The van der Waals surface area contributed by atoms with Gasteiger partial charge in [-0.15, -0.1) is 11.3 Å². The van der Waals surface area contributed by atoms with Gasteiger partial charge in [0.05, 0.1) is 22.0 Å². The van der Waals surface area contributed by atoms with Gasteiger partial charge in [0.25, 0.3) is 0 Å². The first-order chi connectivity index (χ1) is 12.5. The van der Waals surface area contributed by atoms with Gasteiger partial charge >= 0.3 is 0 Å². The number of nitrogens with zero attached hydrogens (tertiary/aromatic N) is 4. The number of aryl methyl sites for hydroxylation is 2. The Labute approximate surface area is 157 Å². The van der Waals surface area contributed by atoms with Crippen molar-refractivity contribution in [3.8, 4) is 0 Å². The highest BCUT2D eigenvalue weighted by Crippen LogP contribution is 2.36. The molecular weight excluding hydrogens is 344 g/mol. The first kappa shape index (κ1) is 17.0. The van der Waals surface area contributed by atoms with Crippen LogP contribution in [-0.2, 0) is 11.8 Å². The van der Waals surface area contributed by atoms with Crippen molar-refractivity contribution < 1.29 is 4.79 Å². The number of rotatable bonds is 3. The summed E-state index contributed by atoms with van der Waals surface area (Å²) in [6, 6.07) is 8.24. The smallest absolute Gasteiger partial charge is 0.247 e. The number of likely N-dealkylation sites (tertiary alicyclic amines) is 1. The normalized spacial score (nSPS) is 17.7. The van der Waals surface area contributed by atoms with Crippen LogP contribution in [-0.4, -0.2) is 32.1 Å². The molecule has 0 aliphatic carbocycles. The fourth-order valence-electron chi connectivity index (χ4n) is 3.60. The molecule has 6 heteroatoms. The number of carbonyl (C=O) groups excluding carboxylic acids is 1. The molecule has 3 heterocycles. The molecule has 1 fully saturated rings. The predicted molar refractivity (Wildman–Crippen MR) is 105 cm³/mol. The summed E-state index contributed by atoms with van der Waals surface area (Å²) in [5, 5.41) is 5.45. The van der Waals surface area contributed by atoms with Crippen LogP contribution < -0.4 is 0 Å². The molecule has 0 bridgehead atoms. The second-order valence-electron chi connectivity index (χ2n) is 6.75. The lowest BCUT2D eigenvalue weighted by molar-refractivity contribution is -0.126. The minimum Gasteiger partial charge on any atom is -0.330 e. The first-order valence-corrected chi connectivity index (χ1v) is 9.70. The van der Waals surface area contributed by atoms with Gasteiger partial charge in [0.15, 0.2) is 0 Å². The summed E-state index contributed by atoms with van der Waals surface area (Å²) in [7, 11) is 1.92. The maximum absolute atomic E-state index is 12.8. The highest BCUT2D eigenvalue weighted by atomic mass is 32.1. The lowest BCUT2D eigenvalue weighted by atomic mass is 10.2. The summed E-state index contributed by atoms with van der Waals surface area (Å²) >= 11 is 1.70. The van der Waals surface area contributed by atoms with E-state index in [1.807, 2.05) is 54.8 Å². The fraction of sp³-hybridized carbons (Fsp3) is 0.350. The van der Waals surface area contributed by atoms with Crippen molar-refractivity contribution >= 4 is 33.5 Å². The Kier molecular flexibility index (Phi) is 4.36. The van der Waals surface area contributed by atoms with Gasteiger partial charge in [-0.2, -0.15) is 5.10 Å². The van der Waals surface area contributed by atoms with Crippen LogP contribution in [0.3, 0.4) is 0 Å². The average molecular weight is 366 g/mol. The maximum atomic E-state index is 12.8. The Morgan fingerprint density at radius 3 is 2.85 bits per heavy atom. The van der Waals surface area contributed by atoms with Gasteiger partial charge in [-0.1, -0.05) is 12.1 Å². The number of thiazole rings is 1. The third-order valence-electron chi connectivity index (χ3n) is 5.09. The molecule has 3 aromatic rings. The second kappa shape index (κ2) is 6.68. The van der Waals surface area contributed by atoms with Crippen LogP contribution in [0.1, 0.15) is 40.8 Å². The zero-order chi connectivity index (χ0) is 18.3. The summed E-state index contributed by atoms with van der Waals surface area (Å²) in [6.45, 7) is 4.77. The molecular formula is C20H22N4OS.